The summed E-state index contributed by atoms with van der Waals surface area (Å²) < 4.78 is 5.13. The Bertz CT molecular complexity index is 311. The number of likely N-dealkylation sites (N-methyl/N-ethyl adjacent to an activating group) is 1. The van der Waals surface area contributed by atoms with Gasteiger partial charge in [-0.2, -0.15) is 0 Å². The topological polar surface area (TPSA) is 34.1 Å². The van der Waals surface area contributed by atoms with Crippen molar-refractivity contribution in [3.8, 4) is 0 Å². The maximum absolute atomic E-state index is 5.13. The third kappa shape index (κ3) is 4.51. The van der Waals surface area contributed by atoms with Crippen molar-refractivity contribution in [3.05, 3.63) is 23.4 Å². The van der Waals surface area contributed by atoms with Gasteiger partial charge in [0.15, 0.2) is 0 Å². The van der Waals surface area contributed by atoms with Crippen LogP contribution in [-0.4, -0.2) is 37.5 Å². The fourth-order valence-electron chi connectivity index (χ4n) is 1.48. The Morgan fingerprint density at radius 2 is 2.19 bits per heavy atom. The largest absolute Gasteiger partial charge is 0.383 e. The summed E-state index contributed by atoms with van der Waals surface area (Å²) in [6, 6.07) is 4.59. The van der Waals surface area contributed by atoms with Crippen molar-refractivity contribution in [2.24, 2.45) is 0 Å². The van der Waals surface area contributed by atoms with E-state index in [1.807, 2.05) is 14.0 Å². The van der Waals surface area contributed by atoms with E-state index >= 15 is 0 Å². The van der Waals surface area contributed by atoms with Crippen LogP contribution in [0.25, 0.3) is 0 Å². The number of pyridine rings is 1. The van der Waals surface area contributed by atoms with Crippen molar-refractivity contribution in [2.75, 3.05) is 26.5 Å². The summed E-state index contributed by atoms with van der Waals surface area (Å²) in [6.07, 6.45) is 0. The number of hydrogen-bond donors (Lipinski definition) is 1. The minimum absolute atomic E-state index is 0.373. The van der Waals surface area contributed by atoms with E-state index in [1.165, 1.54) is 5.56 Å². The van der Waals surface area contributed by atoms with Crippen LogP contribution < -0.4 is 5.32 Å². The van der Waals surface area contributed by atoms with Crippen molar-refractivity contribution in [1.29, 1.82) is 0 Å². The van der Waals surface area contributed by atoms with E-state index in [1.54, 1.807) is 18.9 Å². The third-order valence-corrected chi connectivity index (χ3v) is 3.36. The highest BCUT2D eigenvalue weighted by Gasteiger charge is 2.07. The molecule has 4 heteroatoms. The van der Waals surface area contributed by atoms with Crippen molar-refractivity contribution in [2.45, 2.75) is 24.9 Å². The van der Waals surface area contributed by atoms with E-state index in [-0.39, 0.29) is 0 Å². The molecule has 1 N–H and O–H groups in total. The van der Waals surface area contributed by atoms with E-state index in [4.69, 9.17) is 4.74 Å². The first-order valence-corrected chi connectivity index (χ1v) is 6.38. The van der Waals surface area contributed by atoms with Gasteiger partial charge in [0.1, 0.15) is 0 Å². The van der Waals surface area contributed by atoms with Crippen LogP contribution in [0.2, 0.25) is 0 Å². The van der Waals surface area contributed by atoms with Gasteiger partial charge in [0.25, 0.3) is 0 Å². The first kappa shape index (κ1) is 13.5. The number of aryl methyl sites for hydroxylation is 2. The van der Waals surface area contributed by atoms with Crippen LogP contribution in [0.15, 0.2) is 17.2 Å². The molecule has 1 heterocycles. The molecule has 0 bridgehead atoms. The molecule has 0 fully saturated rings. The van der Waals surface area contributed by atoms with Gasteiger partial charge in [-0.25, -0.2) is 4.98 Å². The van der Waals surface area contributed by atoms with Gasteiger partial charge in [0, 0.05) is 24.6 Å². The Balaban J connectivity index is 2.52. The summed E-state index contributed by atoms with van der Waals surface area (Å²) in [4.78, 5) is 4.49. The Labute approximate surface area is 102 Å². The molecule has 16 heavy (non-hydrogen) atoms. The van der Waals surface area contributed by atoms with Crippen molar-refractivity contribution >= 4 is 11.8 Å². The first-order valence-electron chi connectivity index (χ1n) is 5.40. The van der Waals surface area contributed by atoms with Crippen LogP contribution in [-0.2, 0) is 4.74 Å². The Morgan fingerprint density at radius 1 is 1.44 bits per heavy atom. The number of hydrogen-bond acceptors (Lipinski definition) is 4. The van der Waals surface area contributed by atoms with Crippen molar-refractivity contribution in [3.63, 3.8) is 0 Å². The summed E-state index contributed by atoms with van der Waals surface area (Å²) in [7, 11) is 3.68. The molecule has 90 valence electrons. The molecule has 0 aliphatic carbocycles. The predicted molar refractivity (Wildman–Crippen MR) is 69.2 cm³/mol. The predicted octanol–water partition coefficient (Wildman–Crippen LogP) is 2.02. The summed E-state index contributed by atoms with van der Waals surface area (Å²) >= 11 is 1.77. The number of ether oxygens (including phenoxy) is 1. The third-order valence-electron chi connectivity index (χ3n) is 2.28. The SMILES string of the molecule is CNC(COC)CSc1cc(C)cc(C)n1. The number of nitrogens with one attached hydrogen (secondary N) is 1. The number of rotatable bonds is 6. The maximum Gasteiger partial charge on any atom is 0.0966 e. The molecule has 0 saturated heterocycles. The van der Waals surface area contributed by atoms with Gasteiger partial charge >= 0.3 is 0 Å². The summed E-state index contributed by atoms with van der Waals surface area (Å²) in [5.41, 5.74) is 2.35. The highest BCUT2D eigenvalue weighted by molar-refractivity contribution is 7.99. The molecule has 1 rings (SSSR count). The molecule has 1 atom stereocenters. The van der Waals surface area contributed by atoms with Gasteiger partial charge in [-0.1, -0.05) is 0 Å². The minimum atomic E-state index is 0.373. The van der Waals surface area contributed by atoms with Crippen LogP contribution in [0.3, 0.4) is 0 Å². The maximum atomic E-state index is 5.13. The fourth-order valence-corrected chi connectivity index (χ4v) is 2.59. The lowest BCUT2D eigenvalue weighted by molar-refractivity contribution is 0.177. The van der Waals surface area contributed by atoms with Crippen molar-refractivity contribution in [1.82, 2.24) is 10.3 Å². The lowest BCUT2D eigenvalue weighted by Crippen LogP contribution is -2.32. The van der Waals surface area contributed by atoms with Gasteiger partial charge in [0.2, 0.25) is 0 Å². The summed E-state index contributed by atoms with van der Waals surface area (Å²) in [5.74, 6) is 0.972. The standard InChI is InChI=1S/C12H20N2OS/c1-9-5-10(2)14-12(6-9)16-8-11(13-3)7-15-4/h5-6,11,13H,7-8H2,1-4H3. The van der Waals surface area contributed by atoms with Crippen LogP contribution >= 0.6 is 11.8 Å². The Hall–Kier alpha value is -0.580. The number of thioether (sulfide) groups is 1. The molecule has 0 aliphatic heterocycles. The molecule has 0 aromatic carbocycles. The Morgan fingerprint density at radius 3 is 2.75 bits per heavy atom. The number of methoxy groups -OCH3 is 1. The van der Waals surface area contributed by atoms with Gasteiger partial charge in [-0.05, 0) is 38.6 Å². The zero-order chi connectivity index (χ0) is 12.0. The van der Waals surface area contributed by atoms with E-state index in [9.17, 15) is 0 Å². The van der Waals surface area contributed by atoms with Crippen LogP contribution in [0, 0.1) is 13.8 Å². The number of aromatic nitrogens is 1. The second kappa shape index (κ2) is 6.89. The van der Waals surface area contributed by atoms with Crippen molar-refractivity contribution < 1.29 is 4.74 Å². The average molecular weight is 240 g/mol. The first-order chi connectivity index (χ1) is 7.65. The van der Waals surface area contributed by atoms with E-state index in [0.717, 1.165) is 23.1 Å². The molecule has 0 saturated carbocycles. The smallest absolute Gasteiger partial charge is 0.0966 e. The molecular formula is C12H20N2OS. The molecule has 0 amide bonds. The van der Waals surface area contributed by atoms with E-state index < -0.39 is 0 Å². The summed E-state index contributed by atoms with van der Waals surface area (Å²) in [6.45, 7) is 4.86. The molecule has 0 radical (unpaired) electrons. The van der Waals surface area contributed by atoms with Crippen LogP contribution in [0.5, 0.6) is 0 Å². The van der Waals surface area contributed by atoms with Crippen LogP contribution in [0.1, 0.15) is 11.3 Å². The normalized spacial score (nSPS) is 12.8. The van der Waals surface area contributed by atoms with Gasteiger partial charge in [-0.15, -0.1) is 11.8 Å². The molecule has 0 aliphatic rings. The monoisotopic (exact) mass is 240 g/mol. The fraction of sp³-hybridized carbons (Fsp3) is 0.583. The molecule has 1 aromatic heterocycles. The minimum Gasteiger partial charge on any atom is -0.383 e. The summed E-state index contributed by atoms with van der Waals surface area (Å²) in [5, 5.41) is 4.32. The molecular weight excluding hydrogens is 220 g/mol. The van der Waals surface area contributed by atoms with Gasteiger partial charge < -0.3 is 10.1 Å². The highest BCUT2D eigenvalue weighted by Crippen LogP contribution is 2.18. The molecule has 1 aromatic rings. The Kier molecular flexibility index (Phi) is 5.80. The lowest BCUT2D eigenvalue weighted by atomic mass is 10.3. The molecule has 0 spiro atoms. The average Bonchev–Trinajstić information content (AvgIpc) is 2.23. The molecule has 3 nitrogen and oxygen atoms in total. The second-order valence-electron chi connectivity index (χ2n) is 3.88. The van der Waals surface area contributed by atoms with Gasteiger partial charge in [0.05, 0.1) is 11.6 Å². The zero-order valence-electron chi connectivity index (χ0n) is 10.4. The highest BCUT2D eigenvalue weighted by atomic mass is 32.2. The van der Waals surface area contributed by atoms with Crippen LogP contribution in [0.4, 0.5) is 0 Å². The molecule has 1 unspecified atom stereocenters. The van der Waals surface area contributed by atoms with E-state index in [2.05, 4.69) is 29.4 Å². The lowest BCUT2D eigenvalue weighted by Gasteiger charge is -2.14. The quantitative estimate of drug-likeness (QED) is 0.772. The zero-order valence-corrected chi connectivity index (χ0v) is 11.2. The van der Waals surface area contributed by atoms with Gasteiger partial charge in [-0.3, -0.25) is 0 Å². The van der Waals surface area contributed by atoms with E-state index in [0.29, 0.717) is 6.04 Å². The second-order valence-corrected chi connectivity index (χ2v) is 4.92. The number of nitrogens with zero attached hydrogens (tertiary/aromatic N) is 1.